The predicted octanol–water partition coefficient (Wildman–Crippen LogP) is 2.68. The Morgan fingerprint density at radius 1 is 1.50 bits per heavy atom. The molecule has 0 nitrogen and oxygen atoms in total. The average molecular weight is 309 g/mol. The second-order valence-electron chi connectivity index (χ2n) is 1.04. The molecular weight excluding hydrogens is 304 g/mol. The van der Waals surface area contributed by atoms with Crippen LogP contribution >= 0.6 is 9.27 Å². The third-order valence-electron chi connectivity index (χ3n) is 0.586. The van der Waals surface area contributed by atoms with Gasteiger partial charge in [-0.1, -0.05) is 0 Å². The van der Waals surface area contributed by atoms with E-state index < -0.39 is 0 Å². The van der Waals surface area contributed by atoms with Crippen LogP contribution in [-0.4, -0.2) is 0 Å². The van der Waals surface area contributed by atoms with E-state index in [-0.39, 0.29) is 38.9 Å². The van der Waals surface area contributed by atoms with Crippen molar-refractivity contribution in [2.75, 3.05) is 0 Å². The number of hydrogen-bond donors (Lipinski definition) is 0. The first-order valence-corrected chi connectivity index (χ1v) is 6.21. The Bertz CT molecular complexity index is 78.4. The minimum absolute atomic E-state index is 0.139. The van der Waals surface area contributed by atoms with Crippen molar-refractivity contribution in [3.63, 3.8) is 0 Å². The van der Waals surface area contributed by atoms with Gasteiger partial charge in [0.1, 0.15) is 0 Å². The molecule has 0 N–H and O–H groups in total. The van der Waals surface area contributed by atoms with E-state index in [9.17, 15) is 0 Å². The van der Waals surface area contributed by atoms with Gasteiger partial charge in [0, 0.05) is 0 Å². The fraction of sp³-hybridized carbons (Fsp3) is 0.200. The molecule has 0 aliphatic heterocycles. The normalized spacial score (nSPS) is 13.8. The van der Waals surface area contributed by atoms with Crippen LogP contribution in [0.4, 0.5) is 0 Å². The Morgan fingerprint density at radius 3 is 2.25 bits per heavy atom. The molecule has 0 aromatic heterocycles. The van der Waals surface area contributed by atoms with Crippen LogP contribution in [0.15, 0.2) is 18.2 Å². The van der Waals surface area contributed by atoms with E-state index in [2.05, 4.69) is 12.2 Å². The van der Waals surface area contributed by atoms with Gasteiger partial charge >= 0.3 is 48.2 Å². The molecule has 0 saturated heterocycles. The average Bonchev–Trinajstić information content (AvgIpc) is 2.17. The number of allylic oxidation sites excluding steroid dienone is 4. The van der Waals surface area contributed by atoms with E-state index >= 15 is 0 Å². The van der Waals surface area contributed by atoms with Gasteiger partial charge in [-0.15, -0.1) is 6.42 Å². The van der Waals surface area contributed by atoms with E-state index in [0.29, 0.717) is 0 Å². The van der Waals surface area contributed by atoms with Crippen LogP contribution in [-0.2, 0) is 0 Å². The summed E-state index contributed by atoms with van der Waals surface area (Å²) in [6.45, 7) is 0. The Hall–Kier alpha value is 1.58. The topological polar surface area (TPSA) is 0 Å². The van der Waals surface area contributed by atoms with Gasteiger partial charge in [-0.25, -0.2) is 12.2 Å². The van der Waals surface area contributed by atoms with Gasteiger partial charge in [0.25, 0.3) is 0 Å². The quantitative estimate of drug-likeness (QED) is 0.604. The molecule has 0 bridgehead atoms. The number of rotatable bonds is 0. The van der Waals surface area contributed by atoms with Crippen molar-refractivity contribution in [2.45, 2.75) is 6.42 Å². The molecule has 0 atom stereocenters. The molecule has 0 unspecified atom stereocenters. The van der Waals surface area contributed by atoms with Crippen molar-refractivity contribution in [2.24, 2.45) is 0 Å². The standard InChI is InChI=1S/C5H5.2ClH.Yb/c1-2-4-5-3-1;;;/h1-3H,4H2;2*1H;/q-1;;;+2/p-2. The molecule has 0 amide bonds. The molecule has 0 aromatic carbocycles. The molecular formula is C5H5Cl2Yb-. The first-order valence-electron chi connectivity index (χ1n) is 1.92. The van der Waals surface area contributed by atoms with Crippen LogP contribution in [0.2, 0.25) is 0 Å². The Labute approximate surface area is 77.3 Å². The van der Waals surface area contributed by atoms with Crippen LogP contribution in [0.5, 0.6) is 0 Å². The summed E-state index contributed by atoms with van der Waals surface area (Å²) >= 11 is -0.139. The summed E-state index contributed by atoms with van der Waals surface area (Å²) in [6, 6.07) is 0. The summed E-state index contributed by atoms with van der Waals surface area (Å²) in [5.74, 6) is 0. The zero-order chi connectivity index (χ0) is 6.24. The first kappa shape index (κ1) is 9.58. The molecule has 1 rings (SSSR count). The van der Waals surface area contributed by atoms with Gasteiger partial charge in [0.15, 0.2) is 0 Å². The number of hydrogen-bond acceptors (Lipinski definition) is 0. The Morgan fingerprint density at radius 2 is 2.12 bits per heavy atom. The summed E-state index contributed by atoms with van der Waals surface area (Å²) in [6.07, 6.45) is 10.0. The summed E-state index contributed by atoms with van der Waals surface area (Å²) < 4.78 is 9.64. The van der Waals surface area contributed by atoms with Gasteiger partial charge in [-0.3, -0.25) is 6.08 Å². The molecule has 0 radical (unpaired) electrons. The van der Waals surface area contributed by atoms with Crippen LogP contribution in [0.3, 0.4) is 0 Å². The zero-order valence-corrected chi connectivity index (χ0v) is 7.19. The SMILES string of the molecule is [C-]1=CC=CC1.[Cl][Yb][Cl]. The van der Waals surface area contributed by atoms with Gasteiger partial charge < -0.3 is 0 Å². The van der Waals surface area contributed by atoms with Crippen molar-refractivity contribution >= 4 is 9.27 Å². The molecule has 54 valence electrons. The first-order chi connectivity index (χ1) is 3.91. The van der Waals surface area contributed by atoms with E-state index in [1.165, 1.54) is 0 Å². The molecule has 3 heteroatoms. The molecule has 0 spiro atoms. The van der Waals surface area contributed by atoms with Gasteiger partial charge in [0.2, 0.25) is 0 Å². The van der Waals surface area contributed by atoms with E-state index in [4.69, 9.17) is 9.27 Å². The van der Waals surface area contributed by atoms with Crippen molar-refractivity contribution in [1.82, 2.24) is 0 Å². The van der Waals surface area contributed by atoms with E-state index in [1.54, 1.807) is 0 Å². The number of halogens is 2. The predicted molar refractivity (Wildman–Crippen MR) is 33.3 cm³/mol. The van der Waals surface area contributed by atoms with Crippen molar-refractivity contribution in [1.29, 1.82) is 0 Å². The maximum absolute atomic E-state index is 4.82. The monoisotopic (exact) mass is 309 g/mol. The third kappa shape index (κ3) is 7.58. The van der Waals surface area contributed by atoms with Crippen LogP contribution in [0.25, 0.3) is 0 Å². The van der Waals surface area contributed by atoms with Crippen molar-refractivity contribution in [3.8, 4) is 0 Å². The molecule has 0 heterocycles. The molecule has 0 saturated carbocycles. The van der Waals surface area contributed by atoms with E-state index in [0.717, 1.165) is 6.42 Å². The summed E-state index contributed by atoms with van der Waals surface area (Å²) in [4.78, 5) is 0. The van der Waals surface area contributed by atoms with E-state index in [1.807, 2.05) is 12.2 Å². The second-order valence-corrected chi connectivity index (χ2v) is 3.55. The zero-order valence-electron chi connectivity index (χ0n) is 3.96. The van der Waals surface area contributed by atoms with Gasteiger partial charge in [-0.05, 0) is 0 Å². The fourth-order valence-corrected chi connectivity index (χ4v) is 0.340. The fourth-order valence-electron chi connectivity index (χ4n) is 0.340. The van der Waals surface area contributed by atoms with Gasteiger partial charge in [-0.2, -0.15) is 6.08 Å². The molecule has 8 heavy (non-hydrogen) atoms. The van der Waals surface area contributed by atoms with Crippen LogP contribution < -0.4 is 0 Å². The minimum atomic E-state index is -0.139. The molecule has 1 aliphatic carbocycles. The molecule has 1 aliphatic rings. The third-order valence-corrected chi connectivity index (χ3v) is 0.586. The summed E-state index contributed by atoms with van der Waals surface area (Å²) in [5.41, 5.74) is 0. The molecule has 0 fully saturated rings. The van der Waals surface area contributed by atoms with Crippen LogP contribution in [0.1, 0.15) is 6.42 Å². The van der Waals surface area contributed by atoms with Crippen molar-refractivity contribution in [3.05, 3.63) is 24.3 Å². The maximum atomic E-state index is 4.82. The summed E-state index contributed by atoms with van der Waals surface area (Å²) in [5, 5.41) is 0. The summed E-state index contributed by atoms with van der Waals surface area (Å²) in [7, 11) is 0. The van der Waals surface area contributed by atoms with Crippen LogP contribution in [0, 0.1) is 45.0 Å². The van der Waals surface area contributed by atoms with Gasteiger partial charge in [0.05, 0.1) is 0 Å². The Kier molecular flexibility index (Phi) is 10.3. The van der Waals surface area contributed by atoms with Crippen molar-refractivity contribution < 1.29 is 38.9 Å². The Balaban J connectivity index is 0.000000145. The molecule has 0 aromatic rings. The second kappa shape index (κ2) is 8.58.